The third-order valence-corrected chi connectivity index (χ3v) is 8.74. The van der Waals surface area contributed by atoms with Crippen LogP contribution in [-0.2, 0) is 14.8 Å². The fourth-order valence-corrected chi connectivity index (χ4v) is 6.17. The van der Waals surface area contributed by atoms with Crippen LogP contribution in [0.3, 0.4) is 0 Å². The van der Waals surface area contributed by atoms with Crippen LogP contribution in [0.4, 0.5) is 5.82 Å². The maximum atomic E-state index is 13.1. The van der Waals surface area contributed by atoms with Gasteiger partial charge in [0.2, 0.25) is 15.9 Å². The highest BCUT2D eigenvalue weighted by Crippen LogP contribution is 2.28. The van der Waals surface area contributed by atoms with Crippen LogP contribution >= 0.6 is 11.6 Å². The zero-order valence-electron chi connectivity index (χ0n) is 18.5. The number of carbonyl (C=O) groups excluding carboxylic acids is 1. The number of hydrogen-bond donors (Lipinski definition) is 0. The standard InChI is InChI=1S/C23H29ClN4O3S/c1-17-5-6-20(16-18(17)2)32(30,31)28-10-7-19(8-11-28)23(29)27-14-12-26(13-15-27)22-21(24)4-3-9-25-22/h3-6,9,16,19H,7-8,10-15H2,1-2H3. The van der Waals surface area contributed by atoms with Crippen molar-refractivity contribution in [1.29, 1.82) is 0 Å². The van der Waals surface area contributed by atoms with Gasteiger partial charge in [-0.15, -0.1) is 0 Å². The van der Waals surface area contributed by atoms with Crippen LogP contribution in [0.25, 0.3) is 0 Å². The molecule has 2 aliphatic rings. The first-order chi connectivity index (χ1) is 15.3. The van der Waals surface area contributed by atoms with Gasteiger partial charge in [-0.25, -0.2) is 13.4 Å². The van der Waals surface area contributed by atoms with Crippen molar-refractivity contribution in [2.75, 3.05) is 44.2 Å². The number of nitrogens with zero attached hydrogens (tertiary/aromatic N) is 4. The molecule has 0 atom stereocenters. The lowest BCUT2D eigenvalue weighted by Gasteiger charge is -2.39. The van der Waals surface area contributed by atoms with E-state index < -0.39 is 10.0 Å². The van der Waals surface area contributed by atoms with Gasteiger partial charge in [0.1, 0.15) is 5.82 Å². The number of aryl methyl sites for hydroxylation is 2. The van der Waals surface area contributed by atoms with Crippen LogP contribution < -0.4 is 4.90 Å². The normalized spacial score (nSPS) is 18.7. The molecule has 7 nitrogen and oxygen atoms in total. The molecule has 0 unspecified atom stereocenters. The van der Waals surface area contributed by atoms with Gasteiger partial charge in [-0.1, -0.05) is 17.7 Å². The quantitative estimate of drug-likeness (QED) is 0.677. The molecule has 0 spiro atoms. The highest BCUT2D eigenvalue weighted by Gasteiger charge is 2.35. The SMILES string of the molecule is Cc1ccc(S(=O)(=O)N2CCC(C(=O)N3CCN(c4ncccc4Cl)CC3)CC2)cc1C. The Hall–Kier alpha value is -2.16. The minimum atomic E-state index is -3.53. The summed E-state index contributed by atoms with van der Waals surface area (Å²) in [6.45, 7) is 7.23. The van der Waals surface area contributed by atoms with E-state index in [1.165, 1.54) is 4.31 Å². The molecule has 0 radical (unpaired) electrons. The first-order valence-electron chi connectivity index (χ1n) is 11.0. The summed E-state index contributed by atoms with van der Waals surface area (Å²) in [5.41, 5.74) is 2.03. The summed E-state index contributed by atoms with van der Waals surface area (Å²) < 4.78 is 27.6. The highest BCUT2D eigenvalue weighted by molar-refractivity contribution is 7.89. The summed E-state index contributed by atoms with van der Waals surface area (Å²) in [5.74, 6) is 0.748. The lowest BCUT2D eigenvalue weighted by Crippen LogP contribution is -2.52. The van der Waals surface area contributed by atoms with Gasteiger partial charge in [-0.05, 0) is 62.1 Å². The van der Waals surface area contributed by atoms with Crippen LogP contribution in [0.1, 0.15) is 24.0 Å². The van der Waals surface area contributed by atoms with E-state index in [1.54, 1.807) is 24.4 Å². The number of aromatic nitrogens is 1. The molecule has 2 saturated heterocycles. The Bertz CT molecular complexity index is 1090. The summed E-state index contributed by atoms with van der Waals surface area (Å²) in [4.78, 5) is 21.8. The fourth-order valence-electron chi connectivity index (χ4n) is 4.37. The second-order valence-corrected chi connectivity index (χ2v) is 10.9. The molecule has 1 aromatic carbocycles. The van der Waals surface area contributed by atoms with Crippen LogP contribution in [0, 0.1) is 19.8 Å². The average molecular weight is 477 g/mol. The first-order valence-corrected chi connectivity index (χ1v) is 12.8. The van der Waals surface area contributed by atoms with Gasteiger partial charge in [-0.3, -0.25) is 4.79 Å². The lowest BCUT2D eigenvalue weighted by atomic mass is 9.96. The smallest absolute Gasteiger partial charge is 0.243 e. The van der Waals surface area contributed by atoms with Gasteiger partial charge in [-0.2, -0.15) is 4.31 Å². The second kappa shape index (κ2) is 9.37. The van der Waals surface area contributed by atoms with E-state index in [9.17, 15) is 13.2 Å². The van der Waals surface area contributed by atoms with E-state index in [0.717, 1.165) is 16.9 Å². The van der Waals surface area contributed by atoms with Crippen LogP contribution in [0.15, 0.2) is 41.4 Å². The molecular weight excluding hydrogens is 448 g/mol. The largest absolute Gasteiger partial charge is 0.352 e. The topological polar surface area (TPSA) is 73.8 Å². The minimum Gasteiger partial charge on any atom is -0.352 e. The number of piperazine rings is 1. The van der Waals surface area contributed by atoms with Gasteiger partial charge >= 0.3 is 0 Å². The molecule has 0 aliphatic carbocycles. The van der Waals surface area contributed by atoms with E-state index in [4.69, 9.17) is 11.6 Å². The number of benzene rings is 1. The third-order valence-electron chi connectivity index (χ3n) is 6.55. The molecule has 2 aromatic rings. The van der Waals surface area contributed by atoms with Crippen LogP contribution in [-0.4, -0.2) is 67.8 Å². The van der Waals surface area contributed by atoms with Gasteiger partial charge < -0.3 is 9.80 Å². The number of carbonyl (C=O) groups is 1. The summed E-state index contributed by atoms with van der Waals surface area (Å²) in [6, 6.07) is 8.87. The van der Waals surface area contributed by atoms with Gasteiger partial charge in [0.25, 0.3) is 0 Å². The molecule has 32 heavy (non-hydrogen) atoms. The molecule has 4 rings (SSSR count). The lowest BCUT2D eigenvalue weighted by molar-refractivity contribution is -0.137. The fraction of sp³-hybridized carbons (Fsp3) is 0.478. The Labute approximate surface area is 195 Å². The van der Waals surface area contributed by atoms with Crippen molar-refractivity contribution >= 4 is 33.3 Å². The second-order valence-electron chi connectivity index (χ2n) is 8.55. The maximum Gasteiger partial charge on any atom is 0.243 e. The molecule has 2 fully saturated rings. The van der Waals surface area contributed by atoms with Crippen molar-refractivity contribution in [1.82, 2.24) is 14.2 Å². The number of pyridine rings is 1. The predicted octanol–water partition coefficient (Wildman–Crippen LogP) is 3.10. The molecule has 0 saturated carbocycles. The predicted molar refractivity (Wildman–Crippen MR) is 125 cm³/mol. The van der Waals surface area contributed by atoms with E-state index in [1.807, 2.05) is 30.9 Å². The van der Waals surface area contributed by atoms with E-state index >= 15 is 0 Å². The number of hydrogen-bond acceptors (Lipinski definition) is 5. The summed E-state index contributed by atoms with van der Waals surface area (Å²) in [7, 11) is -3.53. The van der Waals surface area contributed by atoms with Gasteiger partial charge in [0.05, 0.1) is 9.92 Å². The molecular formula is C23H29ClN4O3S. The van der Waals surface area contributed by atoms with Crippen molar-refractivity contribution in [3.05, 3.63) is 52.7 Å². The first kappa shape index (κ1) is 23.0. The average Bonchev–Trinajstić information content (AvgIpc) is 2.81. The van der Waals surface area contributed by atoms with Crippen molar-refractivity contribution in [2.24, 2.45) is 5.92 Å². The molecule has 172 valence electrons. The molecule has 9 heteroatoms. The molecule has 0 N–H and O–H groups in total. The number of rotatable bonds is 4. The van der Waals surface area contributed by atoms with Crippen molar-refractivity contribution < 1.29 is 13.2 Å². The van der Waals surface area contributed by atoms with E-state index in [0.29, 0.717) is 62.0 Å². The van der Waals surface area contributed by atoms with Crippen molar-refractivity contribution in [3.63, 3.8) is 0 Å². The third kappa shape index (κ3) is 4.63. The van der Waals surface area contributed by atoms with E-state index in [2.05, 4.69) is 9.88 Å². The highest BCUT2D eigenvalue weighted by atomic mass is 35.5. The van der Waals surface area contributed by atoms with Crippen LogP contribution in [0.2, 0.25) is 5.02 Å². The number of halogens is 1. The van der Waals surface area contributed by atoms with Gasteiger partial charge in [0.15, 0.2) is 0 Å². The molecule has 1 aromatic heterocycles. The Kier molecular flexibility index (Phi) is 6.74. The Morgan fingerprint density at radius 1 is 1.00 bits per heavy atom. The zero-order chi connectivity index (χ0) is 22.9. The summed E-state index contributed by atoms with van der Waals surface area (Å²) >= 11 is 6.25. The zero-order valence-corrected chi connectivity index (χ0v) is 20.1. The summed E-state index contributed by atoms with van der Waals surface area (Å²) in [5, 5.41) is 0.615. The Balaban J connectivity index is 1.33. The molecule has 2 aliphatic heterocycles. The van der Waals surface area contributed by atoms with E-state index in [-0.39, 0.29) is 11.8 Å². The number of amides is 1. The molecule has 1 amide bonds. The number of sulfonamides is 1. The minimum absolute atomic E-state index is 0.125. The van der Waals surface area contributed by atoms with Crippen molar-refractivity contribution in [3.8, 4) is 0 Å². The summed E-state index contributed by atoms with van der Waals surface area (Å²) in [6.07, 6.45) is 2.82. The number of anilines is 1. The maximum absolute atomic E-state index is 13.1. The van der Waals surface area contributed by atoms with Crippen molar-refractivity contribution in [2.45, 2.75) is 31.6 Å². The monoisotopic (exact) mass is 476 g/mol. The molecule has 0 bridgehead atoms. The number of piperidine rings is 1. The Morgan fingerprint density at radius 3 is 2.31 bits per heavy atom. The molecule has 3 heterocycles. The Morgan fingerprint density at radius 2 is 1.69 bits per heavy atom. The van der Waals surface area contributed by atoms with Gasteiger partial charge in [0, 0.05) is 51.4 Å². The van der Waals surface area contributed by atoms with Crippen LogP contribution in [0.5, 0.6) is 0 Å².